The Kier molecular flexibility index (Phi) is 2.61. The lowest BCUT2D eigenvalue weighted by atomic mass is 10.6. The van der Waals surface area contributed by atoms with E-state index < -0.39 is 12.0 Å². The summed E-state index contributed by atoms with van der Waals surface area (Å²) in [4.78, 5) is 2.04. The molecule has 1 heterocycles. The van der Waals surface area contributed by atoms with Crippen molar-refractivity contribution in [2.24, 2.45) is 0 Å². The van der Waals surface area contributed by atoms with Crippen molar-refractivity contribution in [3.63, 3.8) is 0 Å². The van der Waals surface area contributed by atoms with Crippen LogP contribution in [-0.4, -0.2) is 15.2 Å². The normalized spacial score (nSPS) is 12.0. The third kappa shape index (κ3) is 2.13. The molecule has 0 bridgehead atoms. The summed E-state index contributed by atoms with van der Waals surface area (Å²) in [5.41, 5.74) is 0. The molecular formula is C5H5F3N3S. The zero-order chi connectivity index (χ0) is 9.19. The van der Waals surface area contributed by atoms with Crippen LogP contribution < -0.4 is 0 Å². The maximum absolute atomic E-state index is 11.9. The monoisotopic (exact) mass is 196 g/mol. The van der Waals surface area contributed by atoms with Crippen molar-refractivity contribution < 1.29 is 13.2 Å². The molecule has 0 aromatic carbocycles. The van der Waals surface area contributed by atoms with Gasteiger partial charge in [-0.2, -0.15) is 13.2 Å². The fourth-order valence-corrected chi connectivity index (χ4v) is 1.01. The Labute approximate surface area is 70.8 Å². The van der Waals surface area contributed by atoms with Crippen molar-refractivity contribution in [3.8, 4) is 0 Å². The second-order valence-corrected chi connectivity index (χ2v) is 2.92. The molecule has 67 valence electrons. The van der Waals surface area contributed by atoms with Crippen LogP contribution in [0.15, 0.2) is 5.16 Å². The average Bonchev–Trinajstić information content (AvgIpc) is 2.35. The van der Waals surface area contributed by atoms with Crippen LogP contribution in [0.1, 0.15) is 12.7 Å². The highest BCUT2D eigenvalue weighted by molar-refractivity contribution is 8.01. The van der Waals surface area contributed by atoms with Gasteiger partial charge in [-0.15, -0.1) is 10.2 Å². The molecule has 1 radical (unpaired) electrons. The van der Waals surface area contributed by atoms with Crippen LogP contribution in [-0.2, 0) is 6.18 Å². The van der Waals surface area contributed by atoms with E-state index in [4.69, 9.17) is 0 Å². The third-order valence-corrected chi connectivity index (χ3v) is 1.61. The van der Waals surface area contributed by atoms with Gasteiger partial charge in [0, 0.05) is 5.75 Å². The Morgan fingerprint density at radius 2 is 2.08 bits per heavy atom. The average molecular weight is 196 g/mol. The molecule has 0 fully saturated rings. The maximum atomic E-state index is 11.9. The highest BCUT2D eigenvalue weighted by atomic mass is 32.2. The van der Waals surface area contributed by atoms with E-state index in [1.807, 2.05) is 4.98 Å². The van der Waals surface area contributed by atoms with Crippen LogP contribution in [0.5, 0.6) is 0 Å². The minimum atomic E-state index is -4.44. The van der Waals surface area contributed by atoms with Gasteiger partial charge in [0.15, 0.2) is 5.16 Å². The first-order valence-electron chi connectivity index (χ1n) is 2.98. The number of nitrogens with zero attached hydrogens (tertiary/aromatic N) is 2. The van der Waals surface area contributed by atoms with Crippen molar-refractivity contribution in [2.75, 3.05) is 0 Å². The number of rotatable bonds is 2. The van der Waals surface area contributed by atoms with Gasteiger partial charge in [-0.05, 0) is 0 Å². The molecule has 1 rings (SSSR count). The van der Waals surface area contributed by atoms with Gasteiger partial charge in [0.25, 0.3) is 0 Å². The van der Waals surface area contributed by atoms with Crippen molar-refractivity contribution in [2.45, 2.75) is 18.3 Å². The van der Waals surface area contributed by atoms with E-state index in [0.717, 1.165) is 11.8 Å². The number of hydrogen-bond donors (Lipinski definition) is 1. The minimum Gasteiger partial charge on any atom is -0.312 e. The molecule has 0 saturated carbocycles. The summed E-state index contributed by atoms with van der Waals surface area (Å²) in [6, 6.07) is 0. The SMILES string of the molecule is C[CH]Sc1nnc(C(F)(F)F)[nH]1. The molecule has 0 spiro atoms. The molecule has 0 amide bonds. The van der Waals surface area contributed by atoms with Gasteiger partial charge in [-0.1, -0.05) is 18.7 Å². The number of nitrogens with one attached hydrogen (secondary N) is 1. The molecule has 0 saturated heterocycles. The predicted molar refractivity (Wildman–Crippen MR) is 37.2 cm³/mol. The van der Waals surface area contributed by atoms with Crippen molar-refractivity contribution in [1.82, 2.24) is 15.2 Å². The van der Waals surface area contributed by atoms with E-state index >= 15 is 0 Å². The number of aromatic nitrogens is 3. The highest BCUT2D eigenvalue weighted by Crippen LogP contribution is 2.27. The largest absolute Gasteiger partial charge is 0.451 e. The summed E-state index contributed by atoms with van der Waals surface area (Å²) in [7, 11) is 0. The summed E-state index contributed by atoms with van der Waals surface area (Å²) >= 11 is 1.06. The quantitative estimate of drug-likeness (QED) is 0.736. The fraction of sp³-hybridized carbons (Fsp3) is 0.400. The van der Waals surface area contributed by atoms with Crippen LogP contribution >= 0.6 is 11.8 Å². The van der Waals surface area contributed by atoms with E-state index in [2.05, 4.69) is 10.2 Å². The van der Waals surface area contributed by atoms with Crippen LogP contribution in [0.4, 0.5) is 13.2 Å². The van der Waals surface area contributed by atoms with Crippen LogP contribution in [0.2, 0.25) is 0 Å². The zero-order valence-corrected chi connectivity index (χ0v) is 6.83. The fourth-order valence-electron chi connectivity index (χ4n) is 0.539. The Morgan fingerprint density at radius 3 is 2.50 bits per heavy atom. The van der Waals surface area contributed by atoms with Crippen molar-refractivity contribution in [1.29, 1.82) is 0 Å². The van der Waals surface area contributed by atoms with Gasteiger partial charge in [0.05, 0.1) is 0 Å². The van der Waals surface area contributed by atoms with E-state index in [9.17, 15) is 13.2 Å². The molecule has 3 nitrogen and oxygen atoms in total. The molecule has 0 aliphatic heterocycles. The first-order valence-corrected chi connectivity index (χ1v) is 3.86. The second-order valence-electron chi connectivity index (χ2n) is 1.83. The Hall–Kier alpha value is -0.720. The first kappa shape index (κ1) is 9.37. The maximum Gasteiger partial charge on any atom is 0.451 e. The number of hydrogen-bond acceptors (Lipinski definition) is 3. The van der Waals surface area contributed by atoms with E-state index in [0.29, 0.717) is 0 Å². The summed E-state index contributed by atoms with van der Waals surface area (Å²) < 4.78 is 35.7. The molecule has 1 aromatic rings. The van der Waals surface area contributed by atoms with Crippen molar-refractivity contribution >= 4 is 11.8 Å². The molecular weight excluding hydrogens is 191 g/mol. The molecule has 1 aromatic heterocycles. The van der Waals surface area contributed by atoms with Gasteiger partial charge in [0.2, 0.25) is 5.82 Å². The standard InChI is InChI=1S/C5H5F3N3S/c1-2-12-4-9-3(10-11-4)5(6,7)8/h2H,1H3,(H,9,10,11). The Morgan fingerprint density at radius 1 is 1.42 bits per heavy atom. The molecule has 0 atom stereocenters. The number of H-pyrrole nitrogens is 1. The number of halogens is 3. The lowest BCUT2D eigenvalue weighted by molar-refractivity contribution is -0.144. The van der Waals surface area contributed by atoms with Crippen LogP contribution in [0.25, 0.3) is 0 Å². The topological polar surface area (TPSA) is 41.6 Å². The Balaban J connectivity index is 2.77. The van der Waals surface area contributed by atoms with Gasteiger partial charge < -0.3 is 4.98 Å². The minimum absolute atomic E-state index is 0.143. The molecule has 0 unspecified atom stereocenters. The zero-order valence-electron chi connectivity index (χ0n) is 6.01. The predicted octanol–water partition coefficient (Wildman–Crippen LogP) is 2.10. The number of thioether (sulfide) groups is 1. The summed E-state index contributed by atoms with van der Waals surface area (Å²) in [5, 5.41) is 6.36. The second kappa shape index (κ2) is 3.34. The number of aromatic amines is 1. The molecule has 7 heteroatoms. The first-order chi connectivity index (χ1) is 5.54. The molecule has 0 aliphatic carbocycles. The van der Waals surface area contributed by atoms with Crippen LogP contribution in [0, 0.1) is 5.75 Å². The lowest BCUT2D eigenvalue weighted by Gasteiger charge is -1.98. The van der Waals surface area contributed by atoms with E-state index in [-0.39, 0.29) is 5.16 Å². The van der Waals surface area contributed by atoms with Gasteiger partial charge >= 0.3 is 6.18 Å². The van der Waals surface area contributed by atoms with Crippen molar-refractivity contribution in [3.05, 3.63) is 11.6 Å². The van der Waals surface area contributed by atoms with Gasteiger partial charge in [-0.3, -0.25) is 0 Å². The van der Waals surface area contributed by atoms with Crippen LogP contribution in [0.3, 0.4) is 0 Å². The molecule has 12 heavy (non-hydrogen) atoms. The molecule has 0 aliphatic rings. The Bertz CT molecular complexity index is 257. The summed E-state index contributed by atoms with van der Waals surface area (Å²) in [6.45, 7) is 1.69. The third-order valence-electron chi connectivity index (χ3n) is 0.964. The van der Waals surface area contributed by atoms with Gasteiger partial charge in [-0.25, -0.2) is 0 Å². The van der Waals surface area contributed by atoms with E-state index in [1.165, 1.54) is 0 Å². The summed E-state index contributed by atoms with van der Waals surface area (Å²) in [5.74, 6) is 0.549. The summed E-state index contributed by atoms with van der Waals surface area (Å²) in [6.07, 6.45) is -4.44. The smallest absolute Gasteiger partial charge is 0.312 e. The number of alkyl halides is 3. The molecule has 1 N–H and O–H groups in total. The van der Waals surface area contributed by atoms with E-state index in [1.54, 1.807) is 12.7 Å². The lowest BCUT2D eigenvalue weighted by Crippen LogP contribution is -2.07. The highest BCUT2D eigenvalue weighted by Gasteiger charge is 2.35. The van der Waals surface area contributed by atoms with Gasteiger partial charge in [0.1, 0.15) is 0 Å².